The summed E-state index contributed by atoms with van der Waals surface area (Å²) in [4.78, 5) is 15.5. The van der Waals surface area contributed by atoms with Crippen LogP contribution >= 0.6 is 0 Å². The van der Waals surface area contributed by atoms with Gasteiger partial charge >= 0.3 is 5.97 Å². The van der Waals surface area contributed by atoms with Crippen LogP contribution in [0.1, 0.15) is 16.1 Å². The number of carbonyl (C=O) groups excluding carboxylic acids is 1. The fourth-order valence-corrected chi connectivity index (χ4v) is 1.41. The Kier molecular flexibility index (Phi) is 2.03. The second-order valence-corrected chi connectivity index (χ2v) is 3.06. The van der Waals surface area contributed by atoms with Crippen LogP contribution in [0.15, 0.2) is 12.3 Å². The van der Waals surface area contributed by atoms with Crippen LogP contribution in [-0.4, -0.2) is 27.7 Å². The maximum atomic E-state index is 11.5. The Morgan fingerprint density at radius 2 is 2.33 bits per heavy atom. The summed E-state index contributed by atoms with van der Waals surface area (Å²) in [5, 5.41) is 4.11. The SMILES string of the molecule is COC(=O)c1c(C)nn2c(N)ccnc12. The molecule has 0 aliphatic heterocycles. The summed E-state index contributed by atoms with van der Waals surface area (Å²) < 4.78 is 6.07. The number of nitrogens with zero attached hydrogens (tertiary/aromatic N) is 3. The monoisotopic (exact) mass is 206 g/mol. The molecule has 0 aromatic carbocycles. The first-order chi connectivity index (χ1) is 7.15. The quantitative estimate of drug-likeness (QED) is 0.683. The van der Waals surface area contributed by atoms with Gasteiger partial charge in [-0.1, -0.05) is 0 Å². The van der Waals surface area contributed by atoms with Crippen molar-refractivity contribution in [2.75, 3.05) is 12.8 Å². The highest BCUT2D eigenvalue weighted by Gasteiger charge is 2.19. The number of hydrogen-bond acceptors (Lipinski definition) is 5. The summed E-state index contributed by atoms with van der Waals surface area (Å²) in [7, 11) is 1.32. The van der Waals surface area contributed by atoms with Crippen molar-refractivity contribution in [1.82, 2.24) is 14.6 Å². The van der Waals surface area contributed by atoms with Crippen LogP contribution in [0.5, 0.6) is 0 Å². The zero-order chi connectivity index (χ0) is 11.0. The van der Waals surface area contributed by atoms with E-state index in [1.807, 2.05) is 0 Å². The first-order valence-corrected chi connectivity index (χ1v) is 4.33. The standard InChI is InChI=1S/C9H10N4O2/c1-5-7(9(14)15-2)8-11-4-3-6(10)13(8)12-5/h3-4H,10H2,1-2H3. The third-order valence-electron chi connectivity index (χ3n) is 2.11. The second-order valence-electron chi connectivity index (χ2n) is 3.06. The Morgan fingerprint density at radius 3 is 3.00 bits per heavy atom. The summed E-state index contributed by atoms with van der Waals surface area (Å²) in [6.45, 7) is 1.71. The fourth-order valence-electron chi connectivity index (χ4n) is 1.41. The van der Waals surface area contributed by atoms with Crippen molar-refractivity contribution in [3.8, 4) is 0 Å². The average Bonchev–Trinajstić information content (AvgIpc) is 2.55. The van der Waals surface area contributed by atoms with Crippen molar-refractivity contribution in [3.63, 3.8) is 0 Å². The number of methoxy groups -OCH3 is 1. The van der Waals surface area contributed by atoms with E-state index < -0.39 is 5.97 Å². The number of esters is 1. The van der Waals surface area contributed by atoms with Crippen molar-refractivity contribution in [3.05, 3.63) is 23.5 Å². The van der Waals surface area contributed by atoms with E-state index in [0.717, 1.165) is 0 Å². The molecule has 2 rings (SSSR count). The number of aromatic nitrogens is 3. The third-order valence-corrected chi connectivity index (χ3v) is 2.11. The Hall–Kier alpha value is -2.11. The highest BCUT2D eigenvalue weighted by Crippen LogP contribution is 2.16. The normalized spacial score (nSPS) is 10.5. The molecule has 2 heterocycles. The fraction of sp³-hybridized carbons (Fsp3) is 0.222. The zero-order valence-corrected chi connectivity index (χ0v) is 8.39. The lowest BCUT2D eigenvalue weighted by atomic mass is 10.2. The molecule has 0 aliphatic rings. The van der Waals surface area contributed by atoms with Crippen molar-refractivity contribution in [1.29, 1.82) is 0 Å². The summed E-state index contributed by atoms with van der Waals surface area (Å²) >= 11 is 0. The molecule has 15 heavy (non-hydrogen) atoms. The van der Waals surface area contributed by atoms with E-state index in [2.05, 4.69) is 14.8 Å². The van der Waals surface area contributed by atoms with E-state index in [4.69, 9.17) is 5.73 Å². The van der Waals surface area contributed by atoms with E-state index in [1.54, 1.807) is 13.0 Å². The lowest BCUT2D eigenvalue weighted by Gasteiger charge is -1.98. The second kappa shape index (κ2) is 3.23. The van der Waals surface area contributed by atoms with Crippen LogP contribution in [0, 0.1) is 6.92 Å². The number of carbonyl (C=O) groups is 1. The van der Waals surface area contributed by atoms with Gasteiger partial charge in [0.2, 0.25) is 0 Å². The minimum atomic E-state index is -0.458. The van der Waals surface area contributed by atoms with Crippen molar-refractivity contribution < 1.29 is 9.53 Å². The molecular weight excluding hydrogens is 196 g/mol. The van der Waals surface area contributed by atoms with Gasteiger partial charge in [-0.25, -0.2) is 9.78 Å². The summed E-state index contributed by atoms with van der Waals surface area (Å²) in [6, 6.07) is 1.61. The lowest BCUT2D eigenvalue weighted by molar-refractivity contribution is 0.0602. The van der Waals surface area contributed by atoms with Crippen LogP contribution in [-0.2, 0) is 4.74 Å². The van der Waals surface area contributed by atoms with Crippen LogP contribution < -0.4 is 5.73 Å². The Morgan fingerprint density at radius 1 is 1.60 bits per heavy atom. The van der Waals surface area contributed by atoms with Gasteiger partial charge in [0.05, 0.1) is 12.8 Å². The molecule has 0 atom stereocenters. The molecule has 0 saturated carbocycles. The average molecular weight is 206 g/mol. The minimum absolute atomic E-state index is 0.352. The van der Waals surface area contributed by atoms with Gasteiger partial charge in [-0.3, -0.25) is 0 Å². The molecule has 0 aliphatic carbocycles. The van der Waals surface area contributed by atoms with E-state index in [-0.39, 0.29) is 0 Å². The molecule has 0 fully saturated rings. The number of ether oxygens (including phenoxy) is 1. The molecule has 2 N–H and O–H groups in total. The molecule has 6 heteroatoms. The van der Waals surface area contributed by atoms with Gasteiger partial charge in [0.25, 0.3) is 0 Å². The first-order valence-electron chi connectivity index (χ1n) is 4.33. The highest BCUT2D eigenvalue weighted by molar-refractivity contribution is 5.97. The molecule has 0 saturated heterocycles. The van der Waals surface area contributed by atoms with E-state index in [0.29, 0.717) is 22.7 Å². The van der Waals surface area contributed by atoms with Crippen molar-refractivity contribution in [2.45, 2.75) is 6.92 Å². The van der Waals surface area contributed by atoms with Gasteiger partial charge in [-0.2, -0.15) is 9.61 Å². The number of nitrogen functional groups attached to an aromatic ring is 1. The Balaban J connectivity index is 2.79. The maximum Gasteiger partial charge on any atom is 0.343 e. The van der Waals surface area contributed by atoms with E-state index in [1.165, 1.54) is 17.8 Å². The van der Waals surface area contributed by atoms with Gasteiger partial charge in [-0.05, 0) is 13.0 Å². The molecule has 0 bridgehead atoms. The molecule has 6 nitrogen and oxygen atoms in total. The molecule has 2 aromatic rings. The smallest absolute Gasteiger partial charge is 0.343 e. The van der Waals surface area contributed by atoms with Gasteiger partial charge in [-0.15, -0.1) is 0 Å². The minimum Gasteiger partial charge on any atom is -0.465 e. The van der Waals surface area contributed by atoms with E-state index in [9.17, 15) is 4.79 Å². The van der Waals surface area contributed by atoms with Gasteiger partial charge < -0.3 is 10.5 Å². The van der Waals surface area contributed by atoms with E-state index >= 15 is 0 Å². The number of rotatable bonds is 1. The highest BCUT2D eigenvalue weighted by atomic mass is 16.5. The summed E-state index contributed by atoms with van der Waals surface area (Å²) in [6.07, 6.45) is 1.53. The first kappa shape index (κ1) is 9.45. The number of nitrogens with two attached hydrogens (primary N) is 1. The molecule has 0 amide bonds. The predicted octanol–water partition coefficient (Wildman–Crippen LogP) is 0.407. The van der Waals surface area contributed by atoms with Crippen LogP contribution in [0.3, 0.4) is 0 Å². The predicted molar refractivity (Wildman–Crippen MR) is 53.5 cm³/mol. The number of anilines is 1. The van der Waals surface area contributed by atoms with Gasteiger partial charge in [0, 0.05) is 6.20 Å². The summed E-state index contributed by atoms with van der Waals surface area (Å²) in [5.74, 6) is -0.0288. The van der Waals surface area contributed by atoms with Gasteiger partial charge in [0.1, 0.15) is 11.4 Å². The number of fused-ring (bicyclic) bond motifs is 1. The molecular formula is C9H10N4O2. The third kappa shape index (κ3) is 1.30. The molecule has 0 spiro atoms. The summed E-state index contributed by atoms with van der Waals surface area (Å²) in [5.41, 5.74) is 7.00. The molecule has 0 radical (unpaired) electrons. The molecule has 2 aromatic heterocycles. The van der Waals surface area contributed by atoms with Gasteiger partial charge in [0.15, 0.2) is 5.65 Å². The lowest BCUT2D eigenvalue weighted by Crippen LogP contribution is -2.04. The Bertz CT molecular complexity index is 532. The maximum absolute atomic E-state index is 11.5. The van der Waals surface area contributed by atoms with Crippen molar-refractivity contribution >= 4 is 17.4 Å². The number of aryl methyl sites for hydroxylation is 1. The molecule has 0 unspecified atom stereocenters. The topological polar surface area (TPSA) is 82.5 Å². The van der Waals surface area contributed by atoms with Crippen LogP contribution in [0.4, 0.5) is 5.82 Å². The van der Waals surface area contributed by atoms with Crippen molar-refractivity contribution in [2.24, 2.45) is 0 Å². The molecule has 78 valence electrons. The van der Waals surface area contributed by atoms with Crippen LogP contribution in [0.2, 0.25) is 0 Å². The Labute approximate surface area is 85.7 Å². The largest absolute Gasteiger partial charge is 0.465 e. The zero-order valence-electron chi connectivity index (χ0n) is 8.39. The van der Waals surface area contributed by atoms with Crippen LogP contribution in [0.25, 0.3) is 5.65 Å². The number of hydrogen-bond donors (Lipinski definition) is 1.